The van der Waals surface area contributed by atoms with Gasteiger partial charge in [0, 0.05) is 12.8 Å². The number of ether oxygens (including phenoxy) is 5. The number of hydrogen-bond donors (Lipinski definition) is 1. The van der Waals surface area contributed by atoms with E-state index in [0.29, 0.717) is 6.54 Å². The Hall–Kier alpha value is -3.40. The lowest BCUT2D eigenvalue weighted by Gasteiger charge is -2.58. The van der Waals surface area contributed by atoms with Crippen molar-refractivity contribution in [2.24, 2.45) is 15.9 Å². The molecule has 7 atom stereocenters. The summed E-state index contributed by atoms with van der Waals surface area (Å²) < 4.78 is 30.1. The fourth-order valence-electron chi connectivity index (χ4n) is 6.08. The van der Waals surface area contributed by atoms with Crippen molar-refractivity contribution in [3.05, 3.63) is 71.8 Å². The Morgan fingerprint density at radius 3 is 2.34 bits per heavy atom. The van der Waals surface area contributed by atoms with Gasteiger partial charge in [0.1, 0.15) is 11.7 Å². The first-order chi connectivity index (χ1) is 19.5. The molecule has 2 aromatic rings. The highest BCUT2D eigenvalue weighted by molar-refractivity contribution is 5.82. The van der Waals surface area contributed by atoms with E-state index in [4.69, 9.17) is 28.7 Å². The SMILES string of the molecule is CC(=O)O[C@@H]1C(=O)O[C@H]2[C@H](OCc3ccccc3)[C@]1(N=C=NCc1ccccc1)[C@@H]([C@H]1COC(C)(C)O1)C[C@]2(C)O. The van der Waals surface area contributed by atoms with Crippen LogP contribution in [0.15, 0.2) is 70.6 Å². The molecule has 10 nitrogen and oxygen atoms in total. The van der Waals surface area contributed by atoms with E-state index < -0.39 is 59.2 Å². The first-order valence-corrected chi connectivity index (χ1v) is 13.8. The molecule has 2 aliphatic heterocycles. The number of rotatable bonds is 8. The molecule has 2 heterocycles. The zero-order valence-electron chi connectivity index (χ0n) is 23.7. The molecule has 1 aliphatic carbocycles. The second kappa shape index (κ2) is 11.5. The Labute approximate surface area is 239 Å². The quantitative estimate of drug-likeness (QED) is 0.382. The van der Waals surface area contributed by atoms with Gasteiger partial charge in [0.05, 0.1) is 31.9 Å². The fraction of sp³-hybridized carbons (Fsp3) is 0.516. The predicted octanol–water partition coefficient (Wildman–Crippen LogP) is 3.46. The number of carbonyl (C=O) groups is 2. The molecule has 5 rings (SSSR count). The van der Waals surface area contributed by atoms with E-state index in [0.717, 1.165) is 11.1 Å². The maximum absolute atomic E-state index is 13.5. The number of nitrogens with zero attached hydrogens (tertiary/aromatic N) is 2. The monoisotopic (exact) mass is 564 g/mol. The normalized spacial score (nSPS) is 33.8. The first kappa shape index (κ1) is 29.1. The van der Waals surface area contributed by atoms with Crippen molar-refractivity contribution >= 4 is 17.9 Å². The molecule has 1 N–H and O–H groups in total. The number of carbonyl (C=O) groups excluding carboxylic acids is 2. The van der Waals surface area contributed by atoms with E-state index in [1.165, 1.54) is 6.92 Å². The number of fused-ring (bicyclic) bond motifs is 2. The predicted molar refractivity (Wildman–Crippen MR) is 147 cm³/mol. The molecule has 0 spiro atoms. The van der Waals surface area contributed by atoms with Crippen LogP contribution >= 0.6 is 0 Å². The zero-order valence-corrected chi connectivity index (χ0v) is 23.7. The van der Waals surface area contributed by atoms with Gasteiger partial charge >= 0.3 is 11.9 Å². The van der Waals surface area contributed by atoms with E-state index in [9.17, 15) is 14.7 Å². The second-order valence-electron chi connectivity index (χ2n) is 11.5. The van der Waals surface area contributed by atoms with Gasteiger partial charge in [0.25, 0.3) is 0 Å². The summed E-state index contributed by atoms with van der Waals surface area (Å²) in [5.41, 5.74) is -1.29. The molecule has 0 radical (unpaired) electrons. The van der Waals surface area contributed by atoms with Crippen LogP contribution in [0.3, 0.4) is 0 Å². The average Bonchev–Trinajstić information content (AvgIpc) is 3.30. The maximum atomic E-state index is 13.5. The highest BCUT2D eigenvalue weighted by atomic mass is 16.7. The van der Waals surface area contributed by atoms with E-state index in [-0.39, 0.29) is 19.6 Å². The van der Waals surface area contributed by atoms with Gasteiger partial charge in [-0.3, -0.25) is 4.79 Å². The lowest BCUT2D eigenvalue weighted by Crippen LogP contribution is -2.78. The molecule has 1 saturated carbocycles. The summed E-state index contributed by atoms with van der Waals surface area (Å²) >= 11 is 0. The summed E-state index contributed by atoms with van der Waals surface area (Å²) in [6.07, 6.45) is -4.17. The average molecular weight is 565 g/mol. The summed E-state index contributed by atoms with van der Waals surface area (Å²) in [5.74, 6) is -3.14. The molecule has 0 amide bonds. The van der Waals surface area contributed by atoms with Crippen molar-refractivity contribution in [3.63, 3.8) is 0 Å². The van der Waals surface area contributed by atoms with Crippen LogP contribution < -0.4 is 0 Å². The van der Waals surface area contributed by atoms with Crippen LogP contribution in [0.5, 0.6) is 0 Å². The summed E-state index contributed by atoms with van der Waals surface area (Å²) in [6, 6.07) is 21.8. The smallest absolute Gasteiger partial charge is 0.350 e. The van der Waals surface area contributed by atoms with Crippen molar-refractivity contribution in [2.75, 3.05) is 6.61 Å². The number of aliphatic hydroxyl groups is 1. The van der Waals surface area contributed by atoms with Crippen molar-refractivity contribution in [3.8, 4) is 0 Å². The third-order valence-corrected chi connectivity index (χ3v) is 7.90. The molecule has 0 aromatic heterocycles. The third-order valence-electron chi connectivity index (χ3n) is 7.90. The summed E-state index contributed by atoms with van der Waals surface area (Å²) in [7, 11) is 0. The van der Waals surface area contributed by atoms with Crippen LogP contribution in [0.4, 0.5) is 0 Å². The lowest BCUT2D eigenvalue weighted by molar-refractivity contribution is -0.277. The minimum atomic E-state index is -1.59. The van der Waals surface area contributed by atoms with Crippen LogP contribution in [0.2, 0.25) is 0 Å². The first-order valence-electron chi connectivity index (χ1n) is 13.8. The van der Waals surface area contributed by atoms with Crippen molar-refractivity contribution in [1.29, 1.82) is 0 Å². The Balaban J connectivity index is 1.64. The van der Waals surface area contributed by atoms with Crippen LogP contribution in [0, 0.1) is 5.92 Å². The number of hydrogen-bond acceptors (Lipinski definition) is 10. The number of esters is 2. The minimum Gasteiger partial charge on any atom is -0.454 e. The Morgan fingerprint density at radius 2 is 1.73 bits per heavy atom. The largest absolute Gasteiger partial charge is 0.454 e. The topological polar surface area (TPSA) is 125 Å². The Bertz CT molecular complexity index is 1310. The Morgan fingerprint density at radius 1 is 1.07 bits per heavy atom. The summed E-state index contributed by atoms with van der Waals surface area (Å²) in [6.45, 7) is 6.98. The van der Waals surface area contributed by atoms with Crippen LogP contribution in [-0.4, -0.2) is 71.0 Å². The van der Waals surface area contributed by atoms with E-state index in [1.54, 1.807) is 20.8 Å². The second-order valence-corrected chi connectivity index (χ2v) is 11.5. The molecular formula is C31H36N2O8. The van der Waals surface area contributed by atoms with Gasteiger partial charge in [-0.05, 0) is 38.3 Å². The summed E-state index contributed by atoms with van der Waals surface area (Å²) in [5, 5.41) is 11.7. The standard InChI is InChI=1S/C31H36N2O8/c1-20(34)39-27-28(35)40-25-26(37-17-22-13-9-6-10-14-22)31(27,33-19-32-16-21-11-7-5-8-12-21)23(15-30(25,4)36)24-18-38-29(2,3)41-24/h5-14,23-27,36H,15-18H2,1-4H3/t23-,24-,25+,26+,27-,30+,31-/m1/s1. The molecule has 2 saturated heterocycles. The van der Waals surface area contributed by atoms with Crippen LogP contribution in [0.25, 0.3) is 0 Å². The van der Waals surface area contributed by atoms with Gasteiger partial charge in [-0.15, -0.1) is 0 Å². The molecule has 2 bridgehead atoms. The maximum Gasteiger partial charge on any atom is 0.350 e. The summed E-state index contributed by atoms with van der Waals surface area (Å²) in [4.78, 5) is 35.1. The molecular weight excluding hydrogens is 528 g/mol. The third kappa shape index (κ3) is 5.98. The van der Waals surface area contributed by atoms with E-state index >= 15 is 0 Å². The molecule has 10 heteroatoms. The van der Waals surface area contributed by atoms with Crippen LogP contribution in [-0.2, 0) is 46.4 Å². The molecule has 0 unspecified atom stereocenters. The van der Waals surface area contributed by atoms with E-state index in [2.05, 4.69) is 11.0 Å². The van der Waals surface area contributed by atoms with Crippen LogP contribution in [0.1, 0.15) is 45.2 Å². The van der Waals surface area contributed by atoms with Crippen molar-refractivity contribution in [1.82, 2.24) is 0 Å². The molecule has 2 aromatic carbocycles. The molecule has 3 fully saturated rings. The van der Waals surface area contributed by atoms with Gasteiger partial charge in [-0.1, -0.05) is 60.7 Å². The molecule has 41 heavy (non-hydrogen) atoms. The minimum absolute atomic E-state index is 0.0991. The highest BCUT2D eigenvalue weighted by Gasteiger charge is 2.73. The molecule has 3 aliphatic rings. The van der Waals surface area contributed by atoms with Crippen molar-refractivity contribution < 1.29 is 38.4 Å². The van der Waals surface area contributed by atoms with Gasteiger partial charge < -0.3 is 28.8 Å². The highest BCUT2D eigenvalue weighted by Crippen LogP contribution is 2.53. The zero-order chi connectivity index (χ0) is 29.3. The fourth-order valence-corrected chi connectivity index (χ4v) is 6.08. The lowest BCUT2D eigenvalue weighted by atomic mass is 9.59. The van der Waals surface area contributed by atoms with Gasteiger partial charge in [0.15, 0.2) is 17.4 Å². The van der Waals surface area contributed by atoms with Gasteiger partial charge in [0.2, 0.25) is 6.10 Å². The van der Waals surface area contributed by atoms with Gasteiger partial charge in [-0.2, -0.15) is 0 Å². The molecule has 218 valence electrons. The van der Waals surface area contributed by atoms with Gasteiger partial charge in [-0.25, -0.2) is 14.8 Å². The van der Waals surface area contributed by atoms with E-state index in [1.807, 2.05) is 60.7 Å². The Kier molecular flexibility index (Phi) is 8.14. The number of benzene rings is 2. The van der Waals surface area contributed by atoms with Crippen molar-refractivity contribution in [2.45, 2.75) is 88.6 Å². The number of aliphatic imine (C=N–C) groups is 2.